The lowest BCUT2D eigenvalue weighted by Gasteiger charge is -2.19. The molecule has 0 fully saturated rings. The van der Waals surface area contributed by atoms with Gasteiger partial charge < -0.3 is 9.88 Å². The van der Waals surface area contributed by atoms with Gasteiger partial charge in [0.2, 0.25) is 5.91 Å². The second kappa shape index (κ2) is 6.76. The number of halogens is 3. The van der Waals surface area contributed by atoms with Gasteiger partial charge in [0.25, 0.3) is 5.56 Å². The van der Waals surface area contributed by atoms with E-state index in [0.29, 0.717) is 10.6 Å². The van der Waals surface area contributed by atoms with Crippen molar-refractivity contribution >= 4 is 11.7 Å². The molecule has 1 atom stereocenters. The molecular weight excluding hydrogens is 301 g/mol. The van der Waals surface area contributed by atoms with Gasteiger partial charge >= 0.3 is 6.18 Å². The number of Topliss-reactive ketones (excluding diaryl/α,β-unsaturated/α-hetero) is 1. The highest BCUT2D eigenvalue weighted by Gasteiger charge is 2.34. The summed E-state index contributed by atoms with van der Waals surface area (Å²) in [6.07, 6.45) is -3.69. The van der Waals surface area contributed by atoms with Crippen LogP contribution in [0.2, 0.25) is 0 Å². The van der Waals surface area contributed by atoms with E-state index < -0.39 is 35.8 Å². The van der Waals surface area contributed by atoms with E-state index in [4.69, 9.17) is 0 Å². The summed E-state index contributed by atoms with van der Waals surface area (Å²) >= 11 is 0. The summed E-state index contributed by atoms with van der Waals surface area (Å²) in [7, 11) is 0. The minimum absolute atomic E-state index is 0.167. The molecule has 1 N–H and O–H groups in total. The summed E-state index contributed by atoms with van der Waals surface area (Å²) in [5, 5.41) is 2.42. The molecule has 1 heterocycles. The molecule has 0 saturated heterocycles. The van der Waals surface area contributed by atoms with Gasteiger partial charge in [-0.3, -0.25) is 14.4 Å². The number of carbonyl (C=O) groups excluding carboxylic acids is 2. The Morgan fingerprint density at radius 3 is 2.36 bits per heavy atom. The van der Waals surface area contributed by atoms with Crippen LogP contribution in [0.3, 0.4) is 0 Å². The molecule has 22 heavy (non-hydrogen) atoms. The highest BCUT2D eigenvalue weighted by atomic mass is 19.4. The molecule has 1 amide bonds. The van der Waals surface area contributed by atoms with Crippen molar-refractivity contribution in [3.8, 4) is 0 Å². The van der Waals surface area contributed by atoms with Crippen LogP contribution < -0.4 is 10.9 Å². The fourth-order valence-corrected chi connectivity index (χ4v) is 1.99. The number of pyridine rings is 1. The maximum atomic E-state index is 12.6. The summed E-state index contributed by atoms with van der Waals surface area (Å²) < 4.78 is 38.6. The third-order valence-corrected chi connectivity index (χ3v) is 3.06. The number of hydrogen-bond donors (Lipinski definition) is 1. The third-order valence-electron chi connectivity index (χ3n) is 3.06. The van der Waals surface area contributed by atoms with E-state index in [1.807, 2.05) is 0 Å². The largest absolute Gasteiger partial charge is 0.421 e. The Kier molecular flexibility index (Phi) is 5.51. The number of nitrogens with zero attached hydrogens (tertiary/aromatic N) is 1. The zero-order chi connectivity index (χ0) is 17.1. The topological polar surface area (TPSA) is 68.2 Å². The van der Waals surface area contributed by atoms with Gasteiger partial charge in [-0.2, -0.15) is 13.2 Å². The van der Waals surface area contributed by atoms with E-state index in [0.717, 1.165) is 12.3 Å². The first kappa shape index (κ1) is 17.9. The van der Waals surface area contributed by atoms with Gasteiger partial charge in [0.15, 0.2) is 5.78 Å². The monoisotopic (exact) mass is 318 g/mol. The fourth-order valence-electron chi connectivity index (χ4n) is 1.99. The number of rotatable bonds is 5. The summed E-state index contributed by atoms with van der Waals surface area (Å²) in [5.74, 6) is -1.13. The zero-order valence-electron chi connectivity index (χ0n) is 12.4. The number of aromatic nitrogens is 1. The Morgan fingerprint density at radius 2 is 1.91 bits per heavy atom. The maximum Gasteiger partial charge on any atom is 0.421 e. The van der Waals surface area contributed by atoms with Crippen molar-refractivity contribution < 1.29 is 22.8 Å². The predicted octanol–water partition coefficient (Wildman–Crippen LogP) is 1.60. The normalized spacial score (nSPS) is 13.0. The van der Waals surface area contributed by atoms with Gasteiger partial charge in [-0.1, -0.05) is 13.8 Å². The minimum atomic E-state index is -4.78. The molecule has 0 spiro atoms. The molecule has 122 valence electrons. The first-order valence-corrected chi connectivity index (χ1v) is 6.60. The first-order chi connectivity index (χ1) is 10.0. The molecule has 0 radical (unpaired) electrons. The van der Waals surface area contributed by atoms with Crippen molar-refractivity contribution in [1.82, 2.24) is 9.88 Å². The Morgan fingerprint density at radius 1 is 1.32 bits per heavy atom. The number of hydrogen-bond acceptors (Lipinski definition) is 3. The van der Waals surface area contributed by atoms with Crippen LogP contribution in [-0.4, -0.2) is 22.3 Å². The van der Waals surface area contributed by atoms with Crippen LogP contribution in [0.15, 0.2) is 23.1 Å². The molecule has 0 bridgehead atoms. The van der Waals surface area contributed by atoms with Gasteiger partial charge in [-0.05, 0) is 25.0 Å². The molecule has 0 aromatic carbocycles. The number of carbonyl (C=O) groups is 2. The van der Waals surface area contributed by atoms with Crippen molar-refractivity contribution in [3.05, 3.63) is 34.2 Å². The van der Waals surface area contributed by atoms with Crippen molar-refractivity contribution in [2.45, 2.75) is 39.5 Å². The van der Waals surface area contributed by atoms with Crippen LogP contribution in [0.1, 0.15) is 26.3 Å². The van der Waals surface area contributed by atoms with Gasteiger partial charge in [0.1, 0.15) is 12.1 Å². The fraction of sp³-hybridized carbons (Fsp3) is 0.500. The molecule has 0 aliphatic heterocycles. The summed E-state index contributed by atoms with van der Waals surface area (Å²) in [4.78, 5) is 34.9. The third kappa shape index (κ3) is 4.44. The SMILES string of the molecule is CC(=O)C(NC(=O)Cn1cccc(C(F)(F)F)c1=O)C(C)C. The van der Waals surface area contributed by atoms with E-state index in [9.17, 15) is 27.6 Å². The van der Waals surface area contributed by atoms with E-state index in [2.05, 4.69) is 5.32 Å². The van der Waals surface area contributed by atoms with Crippen LogP contribution in [0.4, 0.5) is 13.2 Å². The highest BCUT2D eigenvalue weighted by Crippen LogP contribution is 2.25. The average Bonchev–Trinajstić information content (AvgIpc) is 2.36. The van der Waals surface area contributed by atoms with Crippen molar-refractivity contribution in [2.75, 3.05) is 0 Å². The van der Waals surface area contributed by atoms with Crippen molar-refractivity contribution in [2.24, 2.45) is 5.92 Å². The molecule has 0 aliphatic carbocycles. The van der Waals surface area contributed by atoms with E-state index in [1.54, 1.807) is 13.8 Å². The van der Waals surface area contributed by atoms with Crippen LogP contribution >= 0.6 is 0 Å². The van der Waals surface area contributed by atoms with Crippen LogP contribution in [-0.2, 0) is 22.3 Å². The first-order valence-electron chi connectivity index (χ1n) is 6.60. The number of nitrogens with one attached hydrogen (secondary N) is 1. The molecule has 5 nitrogen and oxygen atoms in total. The smallest absolute Gasteiger partial charge is 0.344 e. The average molecular weight is 318 g/mol. The molecule has 1 aromatic rings. The molecule has 0 saturated carbocycles. The zero-order valence-corrected chi connectivity index (χ0v) is 12.4. The molecule has 0 aliphatic rings. The van der Waals surface area contributed by atoms with Crippen LogP contribution in [0, 0.1) is 5.92 Å². The van der Waals surface area contributed by atoms with Crippen molar-refractivity contribution in [3.63, 3.8) is 0 Å². The van der Waals surface area contributed by atoms with Gasteiger partial charge in [0.05, 0.1) is 6.04 Å². The summed E-state index contributed by atoms with van der Waals surface area (Å²) in [5.41, 5.74) is -2.64. The second-order valence-corrected chi connectivity index (χ2v) is 5.25. The predicted molar refractivity (Wildman–Crippen MR) is 73.2 cm³/mol. The van der Waals surface area contributed by atoms with Crippen LogP contribution in [0.25, 0.3) is 0 Å². The Hall–Kier alpha value is -2.12. The Labute approximate surface area is 125 Å². The summed E-state index contributed by atoms with van der Waals surface area (Å²) in [6, 6.07) is 0.958. The Balaban J connectivity index is 2.95. The van der Waals surface area contributed by atoms with Gasteiger partial charge in [-0.15, -0.1) is 0 Å². The molecule has 8 heteroatoms. The molecule has 1 aromatic heterocycles. The lowest BCUT2D eigenvalue weighted by atomic mass is 10.0. The quantitative estimate of drug-likeness (QED) is 0.896. The number of ketones is 1. The van der Waals surface area contributed by atoms with E-state index in [1.165, 1.54) is 6.92 Å². The summed E-state index contributed by atoms with van der Waals surface area (Å²) in [6.45, 7) is 4.17. The lowest BCUT2D eigenvalue weighted by molar-refractivity contribution is -0.139. The maximum absolute atomic E-state index is 12.6. The standard InChI is InChI=1S/C14H17F3N2O3/c1-8(2)12(9(3)20)18-11(21)7-19-6-4-5-10(13(19)22)14(15,16)17/h4-6,8,12H,7H2,1-3H3,(H,18,21). The lowest BCUT2D eigenvalue weighted by Crippen LogP contribution is -2.45. The second-order valence-electron chi connectivity index (χ2n) is 5.25. The van der Waals surface area contributed by atoms with E-state index in [-0.39, 0.29) is 11.7 Å². The van der Waals surface area contributed by atoms with Crippen molar-refractivity contribution in [1.29, 1.82) is 0 Å². The minimum Gasteiger partial charge on any atom is -0.344 e. The highest BCUT2D eigenvalue weighted by molar-refractivity contribution is 5.87. The molecule has 1 unspecified atom stereocenters. The molecule has 1 rings (SSSR count). The molecular formula is C14H17F3N2O3. The Bertz CT molecular complexity index is 620. The number of amides is 1. The number of alkyl halides is 3. The van der Waals surface area contributed by atoms with E-state index >= 15 is 0 Å². The van der Waals surface area contributed by atoms with Gasteiger partial charge in [0, 0.05) is 6.20 Å². The van der Waals surface area contributed by atoms with Gasteiger partial charge in [-0.25, -0.2) is 0 Å². The van der Waals surface area contributed by atoms with Crippen LogP contribution in [0.5, 0.6) is 0 Å².